The van der Waals surface area contributed by atoms with Crippen molar-refractivity contribution in [3.63, 3.8) is 0 Å². The summed E-state index contributed by atoms with van der Waals surface area (Å²) < 4.78 is 58.4. The maximum Gasteiger partial charge on any atom is 0.149 e. The van der Waals surface area contributed by atoms with Gasteiger partial charge in [0.05, 0.1) is 5.56 Å². The van der Waals surface area contributed by atoms with Crippen molar-refractivity contribution in [2.45, 2.75) is 51.4 Å². The van der Waals surface area contributed by atoms with Gasteiger partial charge in [0.2, 0.25) is 0 Å². The normalized spacial score (nSPS) is 22.3. The summed E-state index contributed by atoms with van der Waals surface area (Å²) in [5.41, 5.74) is 8.39. The van der Waals surface area contributed by atoms with E-state index in [0.29, 0.717) is 43.0 Å². The van der Waals surface area contributed by atoms with Crippen molar-refractivity contribution in [1.29, 1.82) is 0 Å². The number of piperidine rings is 1. The largest absolute Gasteiger partial charge is 0.369 e. The fourth-order valence-corrected chi connectivity index (χ4v) is 5.71. The molecular weight excluding hydrogens is 494 g/mol. The molecule has 0 spiro atoms. The Morgan fingerprint density at radius 1 is 1.00 bits per heavy atom. The summed E-state index contributed by atoms with van der Waals surface area (Å²) in [5, 5.41) is 0. The van der Waals surface area contributed by atoms with Crippen LogP contribution in [0.25, 0.3) is 11.3 Å². The predicted octanol–water partition coefficient (Wildman–Crippen LogP) is 5.06. The lowest BCUT2D eigenvalue weighted by Crippen LogP contribution is -2.46. The second-order valence-electron chi connectivity index (χ2n) is 10.7. The molecule has 3 aromatic rings. The first-order valence-corrected chi connectivity index (χ1v) is 13.2. The van der Waals surface area contributed by atoms with Gasteiger partial charge in [-0.2, -0.15) is 0 Å². The molecule has 2 aliphatic heterocycles. The minimum atomic E-state index is -0.922. The molecule has 4 heterocycles. The van der Waals surface area contributed by atoms with Crippen LogP contribution in [-0.2, 0) is 19.4 Å². The van der Waals surface area contributed by atoms with Crippen molar-refractivity contribution in [2.75, 3.05) is 31.1 Å². The smallest absolute Gasteiger partial charge is 0.149 e. The zero-order valence-electron chi connectivity index (χ0n) is 21.5. The van der Waals surface area contributed by atoms with Crippen molar-refractivity contribution < 1.29 is 17.6 Å². The van der Waals surface area contributed by atoms with Gasteiger partial charge in [-0.25, -0.2) is 22.5 Å². The lowest BCUT2D eigenvalue weighted by molar-refractivity contribution is 0.282. The summed E-state index contributed by atoms with van der Waals surface area (Å²) in [6.07, 6.45) is 5.08. The van der Waals surface area contributed by atoms with E-state index in [4.69, 9.17) is 5.73 Å². The molecule has 0 aliphatic carbocycles. The van der Waals surface area contributed by atoms with Gasteiger partial charge in [-0.15, -0.1) is 0 Å². The van der Waals surface area contributed by atoms with E-state index >= 15 is 8.78 Å². The van der Waals surface area contributed by atoms with Gasteiger partial charge >= 0.3 is 0 Å². The average Bonchev–Trinajstić information content (AvgIpc) is 3.27. The van der Waals surface area contributed by atoms with Gasteiger partial charge in [-0.3, -0.25) is 9.88 Å². The predicted molar refractivity (Wildman–Crippen MR) is 140 cm³/mol. The van der Waals surface area contributed by atoms with E-state index < -0.39 is 29.2 Å². The Morgan fingerprint density at radius 2 is 1.79 bits per heavy atom. The third kappa shape index (κ3) is 5.99. The quantitative estimate of drug-likeness (QED) is 0.435. The number of hydrogen-bond acceptors (Lipinski definition) is 5. The van der Waals surface area contributed by atoms with E-state index in [0.717, 1.165) is 30.8 Å². The number of hydrogen-bond donors (Lipinski definition) is 1. The standard InChI is InChI=1S/C29H33F4N5/c1-18-10-22(34)17-38(14-18)27-6-8-35-13-20(27)2-3-23-4-5-24(31)29(36-23)28-25(32)11-19(12-26(28)33)15-37-9-7-21(30)16-37/h4-6,8,11-13,18,21-22H,2-3,7,9-10,14-17,34H2,1H3/t18-,21+,22+/m1/s1. The van der Waals surface area contributed by atoms with Crippen molar-refractivity contribution >= 4 is 5.69 Å². The number of likely N-dealkylation sites (tertiary alicyclic amines) is 1. The third-order valence-corrected chi connectivity index (χ3v) is 7.42. The highest BCUT2D eigenvalue weighted by atomic mass is 19.1. The molecule has 5 rings (SSSR count). The fraction of sp³-hybridized carbons (Fsp3) is 0.448. The summed E-state index contributed by atoms with van der Waals surface area (Å²) in [7, 11) is 0. The number of pyridine rings is 2. The summed E-state index contributed by atoms with van der Waals surface area (Å²) in [6.45, 7) is 4.87. The Labute approximate surface area is 220 Å². The molecular formula is C29H33F4N5. The molecule has 5 nitrogen and oxygen atoms in total. The van der Waals surface area contributed by atoms with Crippen LogP contribution in [0.2, 0.25) is 0 Å². The zero-order chi connectivity index (χ0) is 26.8. The molecule has 3 atom stereocenters. The highest BCUT2D eigenvalue weighted by Crippen LogP contribution is 2.30. The average molecular weight is 528 g/mol. The minimum absolute atomic E-state index is 0.105. The Hall–Kier alpha value is -3.04. The summed E-state index contributed by atoms with van der Waals surface area (Å²) >= 11 is 0. The van der Waals surface area contributed by atoms with E-state index in [-0.39, 0.29) is 24.8 Å². The van der Waals surface area contributed by atoms with Crippen molar-refractivity contribution in [2.24, 2.45) is 11.7 Å². The first kappa shape index (κ1) is 26.6. The van der Waals surface area contributed by atoms with Crippen LogP contribution in [-0.4, -0.2) is 53.3 Å². The molecule has 2 aliphatic rings. The van der Waals surface area contributed by atoms with E-state index in [1.807, 2.05) is 17.2 Å². The summed E-state index contributed by atoms with van der Waals surface area (Å²) in [6, 6.07) is 7.19. The number of nitrogens with zero attached hydrogens (tertiary/aromatic N) is 4. The van der Waals surface area contributed by atoms with Crippen LogP contribution in [0.4, 0.5) is 23.2 Å². The van der Waals surface area contributed by atoms with Gasteiger partial charge in [-0.05, 0) is 73.1 Å². The van der Waals surface area contributed by atoms with Crippen LogP contribution in [0.1, 0.15) is 36.6 Å². The summed E-state index contributed by atoms with van der Waals surface area (Å²) in [5.74, 6) is -2.08. The first-order valence-electron chi connectivity index (χ1n) is 13.2. The number of alkyl halides is 1. The van der Waals surface area contributed by atoms with Crippen LogP contribution in [0.3, 0.4) is 0 Å². The fourth-order valence-electron chi connectivity index (χ4n) is 5.71. The van der Waals surface area contributed by atoms with Crippen molar-refractivity contribution in [3.8, 4) is 11.3 Å². The van der Waals surface area contributed by atoms with E-state index in [9.17, 15) is 8.78 Å². The molecule has 0 radical (unpaired) electrons. The molecule has 202 valence electrons. The van der Waals surface area contributed by atoms with Gasteiger partial charge in [0.1, 0.15) is 29.3 Å². The Kier molecular flexibility index (Phi) is 7.95. The lowest BCUT2D eigenvalue weighted by Gasteiger charge is -2.37. The van der Waals surface area contributed by atoms with Crippen molar-refractivity contribution in [3.05, 3.63) is 77.0 Å². The van der Waals surface area contributed by atoms with Gasteiger partial charge < -0.3 is 10.6 Å². The molecule has 1 aromatic carbocycles. The molecule has 9 heteroatoms. The third-order valence-electron chi connectivity index (χ3n) is 7.42. The van der Waals surface area contributed by atoms with Crippen LogP contribution < -0.4 is 10.6 Å². The number of aromatic nitrogens is 2. The van der Waals surface area contributed by atoms with Crippen LogP contribution in [0.5, 0.6) is 0 Å². The maximum atomic E-state index is 15.1. The molecule has 2 saturated heterocycles. The van der Waals surface area contributed by atoms with Crippen LogP contribution in [0, 0.1) is 23.4 Å². The summed E-state index contributed by atoms with van der Waals surface area (Å²) in [4.78, 5) is 12.7. The second-order valence-corrected chi connectivity index (χ2v) is 10.7. The SMILES string of the molecule is C[C@@H]1C[C@H](N)CN(c2ccncc2CCc2ccc(F)c(-c3c(F)cc(CN4CC[C@H](F)C4)cc3F)n2)C1. The Morgan fingerprint density at radius 3 is 2.50 bits per heavy atom. The Bertz CT molecular complexity index is 1250. The Balaban J connectivity index is 1.34. The number of halogens is 4. The first-order chi connectivity index (χ1) is 18.3. The number of anilines is 1. The molecule has 2 fully saturated rings. The molecule has 0 amide bonds. The van der Waals surface area contributed by atoms with Gasteiger partial charge in [0.15, 0.2) is 0 Å². The van der Waals surface area contributed by atoms with Gasteiger partial charge in [0.25, 0.3) is 0 Å². The molecule has 38 heavy (non-hydrogen) atoms. The number of benzene rings is 1. The maximum absolute atomic E-state index is 15.1. The van der Waals surface area contributed by atoms with Crippen LogP contribution in [0.15, 0.2) is 42.7 Å². The van der Waals surface area contributed by atoms with E-state index in [1.165, 1.54) is 18.2 Å². The highest BCUT2D eigenvalue weighted by Gasteiger charge is 2.25. The number of nitrogens with two attached hydrogens (primary N) is 1. The highest BCUT2D eigenvalue weighted by molar-refractivity contribution is 5.62. The zero-order valence-corrected chi connectivity index (χ0v) is 21.5. The molecule has 2 aromatic heterocycles. The van der Waals surface area contributed by atoms with Gasteiger partial charge in [-0.1, -0.05) is 6.92 Å². The van der Waals surface area contributed by atoms with Gasteiger partial charge in [0, 0.05) is 62.5 Å². The molecule has 0 unspecified atom stereocenters. The topological polar surface area (TPSA) is 58.3 Å². The molecule has 2 N–H and O–H groups in total. The lowest BCUT2D eigenvalue weighted by atomic mass is 9.95. The van der Waals surface area contributed by atoms with Crippen molar-refractivity contribution in [1.82, 2.24) is 14.9 Å². The molecule has 0 bridgehead atoms. The van der Waals surface area contributed by atoms with E-state index in [1.54, 1.807) is 12.3 Å². The number of rotatable bonds is 7. The molecule has 0 saturated carbocycles. The second kappa shape index (κ2) is 11.4. The van der Waals surface area contributed by atoms with Crippen LogP contribution >= 0.6 is 0 Å². The number of aryl methyl sites for hydroxylation is 2. The minimum Gasteiger partial charge on any atom is -0.369 e. The monoisotopic (exact) mass is 527 g/mol. The van der Waals surface area contributed by atoms with E-state index in [2.05, 4.69) is 21.8 Å².